The Morgan fingerprint density at radius 1 is 1.32 bits per heavy atom. The van der Waals surface area contributed by atoms with Gasteiger partial charge in [-0.2, -0.15) is 4.52 Å². The zero-order valence-electron chi connectivity index (χ0n) is 11.1. The number of nitrogens with zero attached hydrogens (tertiary/aromatic N) is 4. The molecule has 1 aromatic carbocycles. The fourth-order valence-electron chi connectivity index (χ4n) is 2.09. The lowest BCUT2D eigenvalue weighted by Gasteiger charge is -2.03. The first-order chi connectivity index (χ1) is 10.6. The molecule has 0 aliphatic heterocycles. The van der Waals surface area contributed by atoms with Crippen molar-refractivity contribution in [3.63, 3.8) is 0 Å². The highest BCUT2D eigenvalue weighted by atomic mass is 32.1. The minimum atomic E-state index is -0.838. The highest BCUT2D eigenvalue weighted by Crippen LogP contribution is 2.39. The van der Waals surface area contributed by atoms with E-state index >= 15 is 0 Å². The Morgan fingerprint density at radius 2 is 2.14 bits per heavy atom. The van der Waals surface area contributed by atoms with Gasteiger partial charge in [-0.1, -0.05) is 11.3 Å². The predicted molar refractivity (Wildman–Crippen MR) is 74.9 cm³/mol. The Balaban J connectivity index is 1.62. The number of aromatic nitrogens is 4. The second kappa shape index (κ2) is 4.80. The maximum Gasteiger partial charge on any atom is 0.286 e. The van der Waals surface area contributed by atoms with Gasteiger partial charge in [0.05, 0.1) is 5.69 Å². The van der Waals surface area contributed by atoms with Crippen LogP contribution in [0.4, 0.5) is 14.5 Å². The number of carbonyl (C=O) groups excluding carboxylic acids is 1. The fraction of sp³-hybridized carbons (Fsp3) is 0.231. The Labute approximate surface area is 126 Å². The summed E-state index contributed by atoms with van der Waals surface area (Å²) in [6.45, 7) is 0. The molecule has 112 valence electrons. The molecule has 0 atom stereocenters. The van der Waals surface area contributed by atoms with E-state index in [1.165, 1.54) is 6.07 Å². The van der Waals surface area contributed by atoms with Gasteiger partial charge in [0.15, 0.2) is 5.82 Å². The highest BCUT2D eigenvalue weighted by molar-refractivity contribution is 7.18. The van der Waals surface area contributed by atoms with Crippen LogP contribution in [0.2, 0.25) is 0 Å². The summed E-state index contributed by atoms with van der Waals surface area (Å²) in [5.41, 5.74) is -0.0974. The van der Waals surface area contributed by atoms with Gasteiger partial charge in [0.1, 0.15) is 11.6 Å². The summed E-state index contributed by atoms with van der Waals surface area (Å²) in [4.78, 5) is 12.7. The molecule has 0 bridgehead atoms. The van der Waals surface area contributed by atoms with Gasteiger partial charge in [0.25, 0.3) is 5.91 Å². The lowest BCUT2D eigenvalue weighted by Crippen LogP contribution is -2.13. The van der Waals surface area contributed by atoms with E-state index in [4.69, 9.17) is 0 Å². The van der Waals surface area contributed by atoms with Crippen LogP contribution < -0.4 is 5.32 Å². The van der Waals surface area contributed by atoms with Gasteiger partial charge >= 0.3 is 0 Å². The highest BCUT2D eigenvalue weighted by Gasteiger charge is 2.30. The molecule has 1 amide bonds. The number of rotatable bonds is 3. The summed E-state index contributed by atoms with van der Waals surface area (Å²) in [5.74, 6) is -1.01. The van der Waals surface area contributed by atoms with Crippen molar-refractivity contribution >= 4 is 27.9 Å². The molecule has 0 unspecified atom stereocenters. The van der Waals surface area contributed by atoms with Crippen LogP contribution in [0.5, 0.6) is 0 Å². The van der Waals surface area contributed by atoms with Crippen molar-refractivity contribution < 1.29 is 13.6 Å². The van der Waals surface area contributed by atoms with E-state index in [1.807, 2.05) is 0 Å². The van der Waals surface area contributed by atoms with Gasteiger partial charge in [-0.15, -0.1) is 15.3 Å². The molecule has 1 fully saturated rings. The Hall–Kier alpha value is -2.42. The number of benzene rings is 1. The largest absolute Gasteiger partial charge is 0.317 e. The summed E-state index contributed by atoms with van der Waals surface area (Å²) >= 11 is 1.07. The molecule has 1 aliphatic rings. The third-order valence-electron chi connectivity index (χ3n) is 3.33. The van der Waals surface area contributed by atoms with Gasteiger partial charge in [0.2, 0.25) is 9.97 Å². The van der Waals surface area contributed by atoms with Crippen LogP contribution in [0.15, 0.2) is 18.2 Å². The van der Waals surface area contributed by atoms with Crippen LogP contribution in [0.1, 0.15) is 34.4 Å². The number of anilines is 1. The zero-order valence-corrected chi connectivity index (χ0v) is 11.9. The molecular formula is C13H9F2N5OS. The molecule has 22 heavy (non-hydrogen) atoms. The van der Waals surface area contributed by atoms with Crippen molar-refractivity contribution in [2.45, 2.75) is 18.8 Å². The topological polar surface area (TPSA) is 72.2 Å². The van der Waals surface area contributed by atoms with Crippen molar-refractivity contribution in [1.82, 2.24) is 19.8 Å². The first-order valence-electron chi connectivity index (χ1n) is 6.60. The number of amides is 1. The molecule has 0 saturated heterocycles. The molecule has 0 radical (unpaired) electrons. The molecule has 1 aliphatic carbocycles. The average molecular weight is 321 g/mol. The number of nitrogens with one attached hydrogen (secondary N) is 1. The van der Waals surface area contributed by atoms with Gasteiger partial charge in [0, 0.05) is 12.0 Å². The van der Waals surface area contributed by atoms with E-state index in [1.54, 1.807) is 4.52 Å². The lowest BCUT2D eigenvalue weighted by molar-refractivity contribution is 0.102. The molecular weight excluding hydrogens is 312 g/mol. The molecule has 2 heterocycles. The molecule has 2 aromatic heterocycles. The Morgan fingerprint density at radius 3 is 2.86 bits per heavy atom. The molecule has 3 aromatic rings. The summed E-state index contributed by atoms with van der Waals surface area (Å²) < 4.78 is 28.0. The Kier molecular flexibility index (Phi) is 2.89. The van der Waals surface area contributed by atoms with Gasteiger partial charge in [-0.05, 0) is 25.0 Å². The number of fused-ring (bicyclic) bond motifs is 1. The van der Waals surface area contributed by atoms with E-state index in [9.17, 15) is 13.6 Å². The quantitative estimate of drug-likeness (QED) is 0.805. The van der Waals surface area contributed by atoms with Crippen LogP contribution in [0, 0.1) is 11.6 Å². The normalized spacial score (nSPS) is 14.5. The lowest BCUT2D eigenvalue weighted by atomic mass is 10.3. The van der Waals surface area contributed by atoms with Crippen molar-refractivity contribution in [2.75, 3.05) is 5.32 Å². The van der Waals surface area contributed by atoms with Gasteiger partial charge < -0.3 is 5.32 Å². The number of hydrogen-bond donors (Lipinski definition) is 1. The predicted octanol–water partition coefficient (Wildman–Crippen LogP) is 2.59. The van der Waals surface area contributed by atoms with E-state index in [-0.39, 0.29) is 10.7 Å². The third kappa shape index (κ3) is 2.23. The van der Waals surface area contributed by atoms with Crippen LogP contribution >= 0.6 is 11.3 Å². The second-order valence-corrected chi connectivity index (χ2v) is 5.97. The Bertz CT molecular complexity index is 886. The first kappa shape index (κ1) is 13.3. The van der Waals surface area contributed by atoms with Crippen molar-refractivity contribution in [3.8, 4) is 0 Å². The van der Waals surface area contributed by atoms with E-state index in [0.717, 1.165) is 36.1 Å². The molecule has 1 N–H and O–H groups in total. The second-order valence-electron chi connectivity index (χ2n) is 5.01. The number of carbonyl (C=O) groups is 1. The van der Waals surface area contributed by atoms with Crippen LogP contribution in [0.3, 0.4) is 0 Å². The van der Waals surface area contributed by atoms with Crippen LogP contribution in [-0.4, -0.2) is 25.7 Å². The van der Waals surface area contributed by atoms with E-state index in [2.05, 4.69) is 20.6 Å². The van der Waals surface area contributed by atoms with Gasteiger partial charge in [-0.25, -0.2) is 8.78 Å². The van der Waals surface area contributed by atoms with Crippen molar-refractivity contribution in [1.29, 1.82) is 0 Å². The molecule has 9 heteroatoms. The zero-order chi connectivity index (χ0) is 15.3. The maximum atomic E-state index is 13.5. The van der Waals surface area contributed by atoms with Crippen LogP contribution in [-0.2, 0) is 0 Å². The third-order valence-corrected chi connectivity index (χ3v) is 4.23. The average Bonchev–Trinajstić information content (AvgIpc) is 3.10. The smallest absolute Gasteiger partial charge is 0.286 e. The molecule has 1 saturated carbocycles. The monoisotopic (exact) mass is 321 g/mol. The standard InChI is InChI=1S/C13H9F2N5OS/c14-7-3-4-9(8(15)5-7)16-11(21)12-19-20-10(6-1-2-6)17-18-13(20)22-12/h3-6H,1-2H2,(H,16,21). The van der Waals surface area contributed by atoms with E-state index in [0.29, 0.717) is 16.9 Å². The first-order valence-corrected chi connectivity index (χ1v) is 7.42. The summed E-state index contributed by atoms with van der Waals surface area (Å²) in [7, 11) is 0. The minimum absolute atomic E-state index is 0.0974. The number of hydrogen-bond acceptors (Lipinski definition) is 5. The van der Waals surface area contributed by atoms with Crippen molar-refractivity contribution in [2.24, 2.45) is 0 Å². The summed E-state index contributed by atoms with van der Waals surface area (Å²) in [6.07, 6.45) is 2.08. The summed E-state index contributed by atoms with van der Waals surface area (Å²) in [5, 5.41) is 14.7. The van der Waals surface area contributed by atoms with E-state index < -0.39 is 17.5 Å². The van der Waals surface area contributed by atoms with Crippen molar-refractivity contribution in [3.05, 3.63) is 40.7 Å². The molecule has 0 spiro atoms. The maximum absolute atomic E-state index is 13.5. The van der Waals surface area contributed by atoms with Gasteiger partial charge in [-0.3, -0.25) is 4.79 Å². The SMILES string of the molecule is O=C(Nc1ccc(F)cc1F)c1nn2c(C3CC3)nnc2s1. The van der Waals surface area contributed by atoms with Crippen LogP contribution in [0.25, 0.3) is 4.96 Å². The molecule has 6 nitrogen and oxygen atoms in total. The molecule has 4 rings (SSSR count). The number of halogens is 2. The fourth-order valence-corrected chi connectivity index (χ4v) is 2.83. The summed E-state index contributed by atoms with van der Waals surface area (Å²) in [6, 6.07) is 2.94. The minimum Gasteiger partial charge on any atom is -0.317 e.